The van der Waals surface area contributed by atoms with E-state index < -0.39 is 24.1 Å². The molecule has 0 fully saturated rings. The predicted molar refractivity (Wildman–Crippen MR) is 56.6 cm³/mol. The van der Waals surface area contributed by atoms with E-state index in [4.69, 9.17) is 11.6 Å². The topological polar surface area (TPSA) is 20.2 Å². The molecule has 0 bridgehead atoms. The highest BCUT2D eigenvalue weighted by Crippen LogP contribution is 2.44. The van der Waals surface area contributed by atoms with Crippen LogP contribution >= 0.6 is 11.6 Å². The molecule has 0 aliphatic heterocycles. The van der Waals surface area contributed by atoms with Gasteiger partial charge in [0.25, 0.3) is 0 Å². The van der Waals surface area contributed by atoms with Gasteiger partial charge >= 0.3 is 12.1 Å². The molecule has 0 aliphatic carbocycles. The number of aliphatic hydroxyl groups is 1. The fourth-order valence-corrected chi connectivity index (χ4v) is 1.87. The molecule has 0 aromatic heterocycles. The number of alkyl halides is 5. The molecule has 1 atom stereocenters. The van der Waals surface area contributed by atoms with E-state index in [1.165, 1.54) is 24.3 Å². The van der Waals surface area contributed by atoms with E-state index in [0.29, 0.717) is 0 Å². The molecule has 0 saturated carbocycles. The van der Waals surface area contributed by atoms with E-state index in [-0.39, 0.29) is 10.6 Å². The number of rotatable bonds is 3. The highest BCUT2D eigenvalue weighted by atomic mass is 35.5. The van der Waals surface area contributed by atoms with Gasteiger partial charge in [0.1, 0.15) is 0 Å². The molecular formula is C11H10ClF5O. The standard InChI is InChI=1S/C11H10ClF5O/c1-9(18,6-10(13,14)11(15,16)17)7-4-2-3-5-8(7)12/h2-5,18H,6H2,1H3. The fourth-order valence-electron chi connectivity index (χ4n) is 1.53. The highest BCUT2D eigenvalue weighted by Gasteiger charge is 2.60. The Labute approximate surface area is 105 Å². The molecule has 0 aliphatic rings. The van der Waals surface area contributed by atoms with Crippen molar-refractivity contribution in [2.75, 3.05) is 0 Å². The zero-order valence-corrected chi connectivity index (χ0v) is 9.99. The molecule has 1 aromatic carbocycles. The van der Waals surface area contributed by atoms with Crippen molar-refractivity contribution in [1.29, 1.82) is 0 Å². The monoisotopic (exact) mass is 288 g/mol. The van der Waals surface area contributed by atoms with Crippen LogP contribution in [-0.4, -0.2) is 17.2 Å². The van der Waals surface area contributed by atoms with E-state index in [2.05, 4.69) is 0 Å². The quantitative estimate of drug-likeness (QED) is 0.829. The van der Waals surface area contributed by atoms with Crippen molar-refractivity contribution in [3.63, 3.8) is 0 Å². The Kier molecular flexibility index (Phi) is 3.93. The summed E-state index contributed by atoms with van der Waals surface area (Å²) in [5, 5.41) is 9.73. The van der Waals surface area contributed by atoms with Crippen molar-refractivity contribution in [2.45, 2.75) is 31.0 Å². The zero-order valence-electron chi connectivity index (χ0n) is 9.23. The van der Waals surface area contributed by atoms with Crippen LogP contribution in [0.15, 0.2) is 24.3 Å². The summed E-state index contributed by atoms with van der Waals surface area (Å²) in [5.74, 6) is -4.99. The van der Waals surface area contributed by atoms with Crippen LogP contribution in [-0.2, 0) is 5.60 Å². The Morgan fingerprint density at radius 2 is 1.61 bits per heavy atom. The molecule has 0 heterocycles. The third-order valence-electron chi connectivity index (χ3n) is 2.44. The van der Waals surface area contributed by atoms with Gasteiger partial charge in [-0.2, -0.15) is 22.0 Å². The lowest BCUT2D eigenvalue weighted by Gasteiger charge is -2.30. The van der Waals surface area contributed by atoms with Crippen LogP contribution < -0.4 is 0 Å². The predicted octanol–water partition coefficient (Wildman–Crippen LogP) is 4.14. The van der Waals surface area contributed by atoms with Gasteiger partial charge in [-0.05, 0) is 13.0 Å². The molecule has 1 N–H and O–H groups in total. The minimum absolute atomic E-state index is 0.0690. The molecule has 0 saturated heterocycles. The van der Waals surface area contributed by atoms with Crippen LogP contribution in [0.3, 0.4) is 0 Å². The van der Waals surface area contributed by atoms with Gasteiger partial charge in [-0.15, -0.1) is 0 Å². The number of halogens is 6. The number of hydrogen-bond donors (Lipinski definition) is 1. The van der Waals surface area contributed by atoms with Crippen molar-refractivity contribution in [2.24, 2.45) is 0 Å². The van der Waals surface area contributed by atoms with Gasteiger partial charge in [-0.1, -0.05) is 29.8 Å². The lowest BCUT2D eigenvalue weighted by atomic mass is 9.89. The van der Waals surface area contributed by atoms with Crippen molar-refractivity contribution < 1.29 is 27.1 Å². The van der Waals surface area contributed by atoms with Gasteiger partial charge in [0, 0.05) is 10.6 Å². The van der Waals surface area contributed by atoms with E-state index in [1.54, 1.807) is 0 Å². The van der Waals surface area contributed by atoms with Gasteiger partial charge in [-0.3, -0.25) is 0 Å². The first-order valence-corrected chi connectivity index (χ1v) is 5.27. The van der Waals surface area contributed by atoms with Crippen LogP contribution in [0.2, 0.25) is 5.02 Å². The summed E-state index contributed by atoms with van der Waals surface area (Å²) in [7, 11) is 0. The zero-order chi connectivity index (χ0) is 14.2. The SMILES string of the molecule is CC(O)(CC(F)(F)C(F)(F)F)c1ccccc1Cl. The Morgan fingerprint density at radius 1 is 1.11 bits per heavy atom. The van der Waals surface area contributed by atoms with Crippen LogP contribution in [0.25, 0.3) is 0 Å². The van der Waals surface area contributed by atoms with E-state index in [0.717, 1.165) is 6.92 Å². The second-order valence-electron chi connectivity index (χ2n) is 4.13. The van der Waals surface area contributed by atoms with Crippen LogP contribution in [0.1, 0.15) is 18.9 Å². The van der Waals surface area contributed by atoms with Crippen LogP contribution in [0, 0.1) is 0 Å². The normalized spacial score (nSPS) is 16.4. The summed E-state index contributed by atoms with van der Waals surface area (Å²) >= 11 is 5.67. The van der Waals surface area contributed by atoms with Gasteiger partial charge in [0.05, 0.1) is 12.0 Å². The first-order valence-electron chi connectivity index (χ1n) is 4.89. The molecular weight excluding hydrogens is 279 g/mol. The molecule has 0 spiro atoms. The molecule has 18 heavy (non-hydrogen) atoms. The van der Waals surface area contributed by atoms with E-state index >= 15 is 0 Å². The largest absolute Gasteiger partial charge is 0.453 e. The molecule has 102 valence electrons. The van der Waals surface area contributed by atoms with Gasteiger partial charge < -0.3 is 5.11 Å². The second-order valence-corrected chi connectivity index (χ2v) is 4.54. The summed E-state index contributed by atoms with van der Waals surface area (Å²) in [6.07, 6.45) is -7.49. The van der Waals surface area contributed by atoms with Gasteiger partial charge in [-0.25, -0.2) is 0 Å². The van der Waals surface area contributed by atoms with Crippen molar-refractivity contribution in [3.05, 3.63) is 34.9 Å². The molecule has 1 nitrogen and oxygen atoms in total. The Bertz CT molecular complexity index is 428. The van der Waals surface area contributed by atoms with Crippen LogP contribution in [0.5, 0.6) is 0 Å². The van der Waals surface area contributed by atoms with Crippen molar-refractivity contribution >= 4 is 11.6 Å². The Hall–Kier alpha value is -0.880. The molecule has 1 aromatic rings. The molecule has 1 unspecified atom stereocenters. The summed E-state index contributed by atoms with van der Waals surface area (Å²) in [4.78, 5) is 0. The highest BCUT2D eigenvalue weighted by molar-refractivity contribution is 6.31. The molecule has 1 rings (SSSR count). The Balaban J connectivity index is 3.06. The van der Waals surface area contributed by atoms with Crippen molar-refractivity contribution in [1.82, 2.24) is 0 Å². The first kappa shape index (κ1) is 15.2. The second kappa shape index (κ2) is 4.66. The maximum atomic E-state index is 12.9. The molecule has 0 radical (unpaired) electrons. The fraction of sp³-hybridized carbons (Fsp3) is 0.455. The third-order valence-corrected chi connectivity index (χ3v) is 2.76. The minimum Gasteiger partial charge on any atom is -0.385 e. The first-order chi connectivity index (χ1) is 7.97. The Morgan fingerprint density at radius 3 is 2.06 bits per heavy atom. The number of benzene rings is 1. The summed E-state index contributed by atoms with van der Waals surface area (Å²) in [6, 6.07) is 5.37. The lowest BCUT2D eigenvalue weighted by Crippen LogP contribution is -2.42. The third kappa shape index (κ3) is 3.11. The average Bonchev–Trinajstić information content (AvgIpc) is 2.14. The minimum atomic E-state index is -5.71. The smallest absolute Gasteiger partial charge is 0.385 e. The van der Waals surface area contributed by atoms with Gasteiger partial charge in [0.2, 0.25) is 0 Å². The van der Waals surface area contributed by atoms with Gasteiger partial charge in [0.15, 0.2) is 0 Å². The maximum Gasteiger partial charge on any atom is 0.453 e. The average molecular weight is 289 g/mol. The van der Waals surface area contributed by atoms with Crippen molar-refractivity contribution in [3.8, 4) is 0 Å². The molecule has 0 amide bonds. The lowest BCUT2D eigenvalue weighted by molar-refractivity contribution is -0.296. The van der Waals surface area contributed by atoms with E-state index in [1.807, 2.05) is 0 Å². The maximum absolute atomic E-state index is 12.9. The molecule has 7 heteroatoms. The summed E-state index contributed by atoms with van der Waals surface area (Å²) < 4.78 is 62.1. The summed E-state index contributed by atoms with van der Waals surface area (Å²) in [5.41, 5.74) is -2.55. The van der Waals surface area contributed by atoms with Crippen LogP contribution in [0.4, 0.5) is 22.0 Å². The summed E-state index contributed by atoms with van der Waals surface area (Å²) in [6.45, 7) is 0.869. The number of hydrogen-bond acceptors (Lipinski definition) is 1. The van der Waals surface area contributed by atoms with E-state index in [9.17, 15) is 27.1 Å².